The smallest absolute Gasteiger partial charge is 0.254 e. The fraction of sp³-hybridized carbons (Fsp3) is 0.571. The van der Waals surface area contributed by atoms with E-state index in [-0.39, 0.29) is 23.6 Å². The Morgan fingerprint density at radius 2 is 2.21 bits per heavy atom. The largest absolute Gasteiger partial charge is 0.396 e. The highest BCUT2D eigenvalue weighted by Crippen LogP contribution is 2.18. The Kier molecular flexibility index (Phi) is 6.25. The predicted molar refractivity (Wildman–Crippen MR) is 76.5 cm³/mol. The molecule has 2 N–H and O–H groups in total. The molecule has 1 atom stereocenters. The molecule has 1 aromatic rings. The molecule has 1 rings (SSSR count). The van der Waals surface area contributed by atoms with Crippen molar-refractivity contribution in [1.82, 2.24) is 10.3 Å². The van der Waals surface area contributed by atoms with E-state index in [4.69, 9.17) is 16.7 Å². The van der Waals surface area contributed by atoms with Gasteiger partial charge in [0.25, 0.3) is 5.91 Å². The number of hydrogen-bond donors (Lipinski definition) is 2. The van der Waals surface area contributed by atoms with Crippen LogP contribution in [0.3, 0.4) is 0 Å². The molecule has 5 heteroatoms. The lowest BCUT2D eigenvalue weighted by Gasteiger charge is -2.15. The summed E-state index contributed by atoms with van der Waals surface area (Å²) >= 11 is 6.03. The highest BCUT2D eigenvalue weighted by Gasteiger charge is 2.16. The average molecular weight is 285 g/mol. The molecule has 0 aliphatic heterocycles. The number of halogens is 1. The number of aromatic nitrogens is 1. The molecule has 1 amide bonds. The Labute approximate surface area is 119 Å². The van der Waals surface area contributed by atoms with Crippen LogP contribution in [0.5, 0.6) is 0 Å². The molecule has 4 nitrogen and oxygen atoms in total. The number of carbonyl (C=O) groups excluding carboxylic acids is 1. The number of hydrogen-bond acceptors (Lipinski definition) is 3. The number of amides is 1. The van der Waals surface area contributed by atoms with E-state index in [1.165, 1.54) is 0 Å². The van der Waals surface area contributed by atoms with E-state index >= 15 is 0 Å². The summed E-state index contributed by atoms with van der Waals surface area (Å²) in [5.74, 6) is 0.0813. The molecular formula is C14H21ClN2O2. The molecule has 0 aliphatic carbocycles. The van der Waals surface area contributed by atoms with Crippen LogP contribution in [0.25, 0.3) is 0 Å². The van der Waals surface area contributed by atoms with Gasteiger partial charge in [0.2, 0.25) is 0 Å². The summed E-state index contributed by atoms with van der Waals surface area (Å²) in [7, 11) is 0. The second-order valence-electron chi connectivity index (χ2n) is 4.74. The Balaban J connectivity index is 2.73. The first kappa shape index (κ1) is 15.9. The van der Waals surface area contributed by atoms with Crippen molar-refractivity contribution in [1.29, 1.82) is 0 Å². The molecule has 1 aromatic heterocycles. The van der Waals surface area contributed by atoms with Crippen LogP contribution >= 0.6 is 11.6 Å². The SMILES string of the molecule is CCC(CCO)CNC(=O)c1c(C)cc(C)nc1Cl. The first-order valence-corrected chi connectivity index (χ1v) is 6.90. The minimum Gasteiger partial charge on any atom is -0.396 e. The maximum Gasteiger partial charge on any atom is 0.254 e. The van der Waals surface area contributed by atoms with Crippen molar-refractivity contribution in [3.05, 3.63) is 28.0 Å². The number of aryl methyl sites for hydroxylation is 2. The van der Waals surface area contributed by atoms with Crippen LogP contribution in [0, 0.1) is 19.8 Å². The summed E-state index contributed by atoms with van der Waals surface area (Å²) in [5, 5.41) is 12.0. The van der Waals surface area contributed by atoms with Crippen LogP contribution in [-0.4, -0.2) is 29.1 Å². The Morgan fingerprint density at radius 3 is 2.74 bits per heavy atom. The third kappa shape index (κ3) is 4.48. The second kappa shape index (κ2) is 7.46. The molecule has 0 aromatic carbocycles. The second-order valence-corrected chi connectivity index (χ2v) is 5.10. The van der Waals surface area contributed by atoms with Gasteiger partial charge in [0, 0.05) is 18.8 Å². The van der Waals surface area contributed by atoms with E-state index in [1.807, 2.05) is 26.8 Å². The van der Waals surface area contributed by atoms with E-state index < -0.39 is 0 Å². The molecule has 106 valence electrons. The van der Waals surface area contributed by atoms with Crippen LogP contribution in [0.1, 0.15) is 41.4 Å². The lowest BCUT2D eigenvalue weighted by Crippen LogP contribution is -2.30. The molecule has 1 heterocycles. The number of carbonyl (C=O) groups is 1. The number of pyridine rings is 1. The monoisotopic (exact) mass is 284 g/mol. The van der Waals surface area contributed by atoms with Gasteiger partial charge in [-0.3, -0.25) is 4.79 Å². The van der Waals surface area contributed by atoms with Crippen molar-refractivity contribution in [3.8, 4) is 0 Å². The molecular weight excluding hydrogens is 264 g/mol. The van der Waals surface area contributed by atoms with Crippen molar-refractivity contribution in [3.63, 3.8) is 0 Å². The fourth-order valence-corrected chi connectivity index (χ4v) is 2.39. The van der Waals surface area contributed by atoms with Crippen LogP contribution < -0.4 is 5.32 Å². The molecule has 0 bridgehead atoms. The summed E-state index contributed by atoms with van der Waals surface area (Å²) in [6.45, 7) is 6.41. The van der Waals surface area contributed by atoms with Gasteiger partial charge in [-0.1, -0.05) is 24.9 Å². The van der Waals surface area contributed by atoms with Gasteiger partial charge in [-0.2, -0.15) is 0 Å². The number of aliphatic hydroxyl groups is 1. The fourth-order valence-electron chi connectivity index (χ4n) is 2.02. The van der Waals surface area contributed by atoms with Gasteiger partial charge in [0.15, 0.2) is 0 Å². The predicted octanol–water partition coefficient (Wildman–Crippen LogP) is 2.49. The standard InChI is InChI=1S/C14H21ClN2O2/c1-4-11(5-6-18)8-16-14(19)12-9(2)7-10(3)17-13(12)15/h7,11,18H,4-6,8H2,1-3H3,(H,16,19). The molecule has 0 radical (unpaired) electrons. The summed E-state index contributed by atoms with van der Waals surface area (Å²) < 4.78 is 0. The van der Waals surface area contributed by atoms with E-state index in [2.05, 4.69) is 10.3 Å². The highest BCUT2D eigenvalue weighted by atomic mass is 35.5. The molecule has 0 fully saturated rings. The van der Waals surface area contributed by atoms with E-state index in [0.29, 0.717) is 18.5 Å². The molecule has 0 aliphatic rings. The Hall–Kier alpha value is -1.13. The maximum atomic E-state index is 12.1. The quantitative estimate of drug-likeness (QED) is 0.789. The number of aliphatic hydroxyl groups excluding tert-OH is 1. The average Bonchev–Trinajstić information content (AvgIpc) is 2.33. The van der Waals surface area contributed by atoms with E-state index in [1.54, 1.807) is 0 Å². The first-order valence-electron chi connectivity index (χ1n) is 6.52. The molecule has 0 saturated carbocycles. The minimum absolute atomic E-state index is 0.139. The minimum atomic E-state index is -0.202. The first-order chi connectivity index (χ1) is 8.99. The molecule has 19 heavy (non-hydrogen) atoms. The van der Waals surface area contributed by atoms with Gasteiger partial charge in [-0.25, -0.2) is 4.98 Å². The lowest BCUT2D eigenvalue weighted by molar-refractivity contribution is 0.0942. The summed E-state index contributed by atoms with van der Waals surface area (Å²) in [4.78, 5) is 16.2. The van der Waals surface area contributed by atoms with Gasteiger partial charge < -0.3 is 10.4 Å². The molecule has 0 saturated heterocycles. The molecule has 1 unspecified atom stereocenters. The van der Waals surface area contributed by atoms with Gasteiger partial charge >= 0.3 is 0 Å². The van der Waals surface area contributed by atoms with Crippen molar-refractivity contribution in [2.45, 2.75) is 33.6 Å². The van der Waals surface area contributed by atoms with Gasteiger partial charge in [0.05, 0.1) is 5.56 Å². The number of nitrogens with one attached hydrogen (secondary N) is 1. The zero-order valence-corrected chi connectivity index (χ0v) is 12.4. The third-order valence-corrected chi connectivity index (χ3v) is 3.47. The number of nitrogens with zero attached hydrogens (tertiary/aromatic N) is 1. The van der Waals surface area contributed by atoms with Crippen LogP contribution in [0.2, 0.25) is 5.15 Å². The summed E-state index contributed by atoms with van der Waals surface area (Å²) in [6, 6.07) is 1.84. The maximum absolute atomic E-state index is 12.1. The zero-order valence-electron chi connectivity index (χ0n) is 11.7. The van der Waals surface area contributed by atoms with Gasteiger partial charge in [0.1, 0.15) is 5.15 Å². The van der Waals surface area contributed by atoms with Crippen molar-refractivity contribution < 1.29 is 9.90 Å². The molecule has 0 spiro atoms. The van der Waals surface area contributed by atoms with E-state index in [0.717, 1.165) is 17.7 Å². The van der Waals surface area contributed by atoms with Crippen LogP contribution in [0.4, 0.5) is 0 Å². The Morgan fingerprint density at radius 1 is 1.53 bits per heavy atom. The lowest BCUT2D eigenvalue weighted by atomic mass is 10.0. The summed E-state index contributed by atoms with van der Waals surface area (Å²) in [5.41, 5.74) is 2.06. The van der Waals surface area contributed by atoms with Crippen molar-refractivity contribution in [2.75, 3.05) is 13.2 Å². The third-order valence-electron chi connectivity index (χ3n) is 3.19. The normalized spacial score (nSPS) is 12.3. The summed E-state index contributed by atoms with van der Waals surface area (Å²) in [6.07, 6.45) is 1.61. The van der Waals surface area contributed by atoms with Gasteiger partial charge in [-0.15, -0.1) is 0 Å². The van der Waals surface area contributed by atoms with Crippen molar-refractivity contribution >= 4 is 17.5 Å². The van der Waals surface area contributed by atoms with Gasteiger partial charge in [-0.05, 0) is 37.8 Å². The van der Waals surface area contributed by atoms with Crippen molar-refractivity contribution in [2.24, 2.45) is 5.92 Å². The highest BCUT2D eigenvalue weighted by molar-refractivity contribution is 6.32. The number of rotatable bonds is 6. The Bertz CT molecular complexity index is 426. The van der Waals surface area contributed by atoms with Crippen LogP contribution in [0.15, 0.2) is 6.07 Å². The van der Waals surface area contributed by atoms with E-state index in [9.17, 15) is 4.79 Å². The zero-order chi connectivity index (χ0) is 14.4. The topological polar surface area (TPSA) is 62.2 Å². The van der Waals surface area contributed by atoms with Crippen LogP contribution in [-0.2, 0) is 0 Å².